The molecule has 0 aliphatic carbocycles. The summed E-state index contributed by atoms with van der Waals surface area (Å²) in [5.74, 6) is 0.610. The Kier molecular flexibility index (Phi) is 2.42. The number of halogens is 1. The molecule has 1 aromatic rings. The van der Waals surface area contributed by atoms with E-state index in [1.54, 1.807) is 11.3 Å². The highest BCUT2D eigenvalue weighted by Gasteiger charge is 2.28. The van der Waals surface area contributed by atoms with Crippen molar-refractivity contribution in [3.05, 3.63) is 22.4 Å². The van der Waals surface area contributed by atoms with Crippen LogP contribution in [0.25, 0.3) is 0 Å². The zero-order valence-corrected chi connectivity index (χ0v) is 7.61. The first-order valence-electron chi connectivity index (χ1n) is 4.22. The summed E-state index contributed by atoms with van der Waals surface area (Å²) in [6, 6.07) is 4.14. The highest BCUT2D eigenvalue weighted by molar-refractivity contribution is 7.10. The van der Waals surface area contributed by atoms with Gasteiger partial charge in [0.25, 0.3) is 0 Å². The molecule has 0 unspecified atom stereocenters. The van der Waals surface area contributed by atoms with E-state index in [-0.39, 0.29) is 12.6 Å². The molecule has 2 atom stereocenters. The molecule has 3 heteroatoms. The number of thiophene rings is 1. The summed E-state index contributed by atoms with van der Waals surface area (Å²) in [5.41, 5.74) is 0. The fourth-order valence-electron chi connectivity index (χ4n) is 1.73. The smallest absolute Gasteiger partial charge is 0.0941 e. The fourth-order valence-corrected chi connectivity index (χ4v) is 2.65. The Labute approximate surface area is 75.6 Å². The zero-order valence-electron chi connectivity index (χ0n) is 6.79. The van der Waals surface area contributed by atoms with Crippen molar-refractivity contribution in [2.45, 2.75) is 5.92 Å². The summed E-state index contributed by atoms with van der Waals surface area (Å²) < 4.78 is 12.5. The van der Waals surface area contributed by atoms with Gasteiger partial charge in [-0.15, -0.1) is 11.3 Å². The molecule has 1 aromatic heterocycles. The Bertz CT molecular complexity index is 235. The van der Waals surface area contributed by atoms with E-state index < -0.39 is 0 Å². The van der Waals surface area contributed by atoms with Crippen molar-refractivity contribution in [2.75, 3.05) is 19.8 Å². The molecule has 1 aliphatic heterocycles. The first-order chi connectivity index (χ1) is 5.92. The maximum atomic E-state index is 12.5. The van der Waals surface area contributed by atoms with Gasteiger partial charge in [0.15, 0.2) is 0 Å². The van der Waals surface area contributed by atoms with E-state index >= 15 is 0 Å². The normalized spacial score (nSPS) is 29.4. The van der Waals surface area contributed by atoms with Crippen LogP contribution in [0.1, 0.15) is 10.8 Å². The molecular formula is C9H12FNS. The second-order valence-corrected chi connectivity index (χ2v) is 4.17. The van der Waals surface area contributed by atoms with Crippen molar-refractivity contribution >= 4 is 11.3 Å². The van der Waals surface area contributed by atoms with Gasteiger partial charge in [0.2, 0.25) is 0 Å². The minimum absolute atomic E-state index is 0.198. The van der Waals surface area contributed by atoms with Gasteiger partial charge in [-0.05, 0) is 11.4 Å². The van der Waals surface area contributed by atoms with Gasteiger partial charge in [0, 0.05) is 29.8 Å². The van der Waals surface area contributed by atoms with Crippen LogP contribution in [-0.4, -0.2) is 19.8 Å². The van der Waals surface area contributed by atoms with Crippen LogP contribution in [0, 0.1) is 5.92 Å². The van der Waals surface area contributed by atoms with Crippen molar-refractivity contribution in [2.24, 2.45) is 5.92 Å². The molecule has 12 heavy (non-hydrogen) atoms. The van der Waals surface area contributed by atoms with Gasteiger partial charge < -0.3 is 5.32 Å². The lowest BCUT2D eigenvalue weighted by molar-refractivity contribution is 0.360. The third-order valence-corrected chi connectivity index (χ3v) is 3.45. The molecule has 0 bridgehead atoms. The van der Waals surface area contributed by atoms with Crippen molar-refractivity contribution < 1.29 is 4.39 Å². The van der Waals surface area contributed by atoms with Gasteiger partial charge in [-0.25, -0.2) is 0 Å². The number of rotatable bonds is 2. The molecule has 0 amide bonds. The highest BCUT2D eigenvalue weighted by Crippen LogP contribution is 2.31. The molecule has 1 saturated heterocycles. The summed E-state index contributed by atoms with van der Waals surface area (Å²) >= 11 is 1.73. The summed E-state index contributed by atoms with van der Waals surface area (Å²) in [7, 11) is 0. The summed E-state index contributed by atoms with van der Waals surface area (Å²) in [5, 5.41) is 5.29. The van der Waals surface area contributed by atoms with E-state index in [1.165, 1.54) is 4.88 Å². The minimum Gasteiger partial charge on any atom is -0.316 e. The average Bonchev–Trinajstić information content (AvgIpc) is 2.74. The molecule has 1 nitrogen and oxygen atoms in total. The van der Waals surface area contributed by atoms with Gasteiger partial charge in [-0.1, -0.05) is 6.07 Å². The van der Waals surface area contributed by atoms with Gasteiger partial charge in [-0.2, -0.15) is 0 Å². The maximum absolute atomic E-state index is 12.5. The van der Waals surface area contributed by atoms with Crippen molar-refractivity contribution in [1.29, 1.82) is 0 Å². The number of nitrogens with one attached hydrogen (secondary N) is 1. The Morgan fingerprint density at radius 2 is 2.50 bits per heavy atom. The standard InChI is InChI=1S/C9H12FNS/c10-4-7-5-11-6-8(7)9-2-1-3-12-9/h1-3,7-8,11H,4-6H2/t7-,8+/m1/s1. The van der Waals surface area contributed by atoms with E-state index in [1.807, 2.05) is 6.07 Å². The second-order valence-electron chi connectivity index (χ2n) is 3.19. The van der Waals surface area contributed by atoms with Crippen LogP contribution in [0.15, 0.2) is 17.5 Å². The number of hydrogen-bond acceptors (Lipinski definition) is 2. The molecule has 0 spiro atoms. The molecule has 1 fully saturated rings. The molecule has 1 aliphatic rings. The summed E-state index contributed by atoms with van der Waals surface area (Å²) in [6.07, 6.45) is 0. The first kappa shape index (κ1) is 8.20. The van der Waals surface area contributed by atoms with Crippen molar-refractivity contribution in [1.82, 2.24) is 5.32 Å². The SMILES string of the molecule is FC[C@@H]1CNC[C@@H]1c1cccs1. The molecule has 0 radical (unpaired) electrons. The minimum atomic E-state index is -0.199. The Morgan fingerprint density at radius 3 is 3.17 bits per heavy atom. The quantitative estimate of drug-likeness (QED) is 0.743. The molecule has 1 N–H and O–H groups in total. The topological polar surface area (TPSA) is 12.0 Å². The lowest BCUT2D eigenvalue weighted by Gasteiger charge is -2.12. The van der Waals surface area contributed by atoms with E-state index in [2.05, 4.69) is 16.8 Å². The van der Waals surface area contributed by atoms with Crippen LogP contribution in [0.2, 0.25) is 0 Å². The lowest BCUT2D eigenvalue weighted by Crippen LogP contribution is -2.11. The van der Waals surface area contributed by atoms with Crippen molar-refractivity contribution in [3.63, 3.8) is 0 Å². The largest absolute Gasteiger partial charge is 0.316 e. The summed E-state index contributed by atoms with van der Waals surface area (Å²) in [6.45, 7) is 1.57. The molecular weight excluding hydrogens is 173 g/mol. The van der Waals surface area contributed by atoms with Crippen LogP contribution in [0.4, 0.5) is 4.39 Å². The van der Waals surface area contributed by atoms with E-state index in [0.29, 0.717) is 5.92 Å². The Balaban J connectivity index is 2.13. The predicted molar refractivity (Wildman–Crippen MR) is 49.4 cm³/mol. The van der Waals surface area contributed by atoms with Gasteiger partial charge in [0.05, 0.1) is 6.67 Å². The van der Waals surface area contributed by atoms with Gasteiger partial charge in [-0.3, -0.25) is 4.39 Å². The monoisotopic (exact) mass is 185 g/mol. The predicted octanol–water partition coefficient (Wildman–Crippen LogP) is 2.02. The van der Waals surface area contributed by atoms with Crippen LogP contribution in [-0.2, 0) is 0 Å². The van der Waals surface area contributed by atoms with E-state index in [9.17, 15) is 4.39 Å². The van der Waals surface area contributed by atoms with E-state index in [4.69, 9.17) is 0 Å². The van der Waals surface area contributed by atoms with Gasteiger partial charge in [0.1, 0.15) is 0 Å². The second kappa shape index (κ2) is 3.54. The molecule has 2 heterocycles. The third kappa shape index (κ3) is 1.39. The first-order valence-corrected chi connectivity index (χ1v) is 5.10. The number of alkyl halides is 1. The Hall–Kier alpha value is -0.410. The van der Waals surface area contributed by atoms with Crippen LogP contribution in [0.5, 0.6) is 0 Å². The molecule has 66 valence electrons. The average molecular weight is 185 g/mol. The fraction of sp³-hybridized carbons (Fsp3) is 0.556. The van der Waals surface area contributed by atoms with Gasteiger partial charge >= 0.3 is 0 Å². The summed E-state index contributed by atoms with van der Waals surface area (Å²) in [4.78, 5) is 1.32. The maximum Gasteiger partial charge on any atom is 0.0941 e. The van der Waals surface area contributed by atoms with Crippen LogP contribution in [0.3, 0.4) is 0 Å². The Morgan fingerprint density at radius 1 is 1.58 bits per heavy atom. The molecule has 2 rings (SSSR count). The van der Waals surface area contributed by atoms with Crippen LogP contribution >= 0.6 is 11.3 Å². The van der Waals surface area contributed by atoms with E-state index in [0.717, 1.165) is 13.1 Å². The van der Waals surface area contributed by atoms with Crippen molar-refractivity contribution in [3.8, 4) is 0 Å². The third-order valence-electron chi connectivity index (χ3n) is 2.45. The zero-order chi connectivity index (χ0) is 8.39. The molecule has 0 saturated carbocycles. The number of hydrogen-bond donors (Lipinski definition) is 1. The highest BCUT2D eigenvalue weighted by atomic mass is 32.1. The molecule has 0 aromatic carbocycles. The lowest BCUT2D eigenvalue weighted by atomic mass is 9.96. The van der Waals surface area contributed by atoms with Crippen LogP contribution < -0.4 is 5.32 Å².